The Kier molecular flexibility index (Phi) is 3.60. The molecule has 98 valence electrons. The van der Waals surface area contributed by atoms with Crippen molar-refractivity contribution in [1.82, 2.24) is 5.32 Å². The Bertz CT molecular complexity index is 585. The van der Waals surface area contributed by atoms with E-state index < -0.39 is 0 Å². The van der Waals surface area contributed by atoms with Crippen LogP contribution in [0.25, 0.3) is 10.8 Å². The number of fused-ring (bicyclic) bond motifs is 1. The second-order valence-corrected chi connectivity index (χ2v) is 5.35. The first-order valence-electron chi connectivity index (χ1n) is 7.08. The summed E-state index contributed by atoms with van der Waals surface area (Å²) in [4.78, 5) is 12.2. The van der Waals surface area contributed by atoms with Gasteiger partial charge in [0.2, 0.25) is 0 Å². The summed E-state index contributed by atoms with van der Waals surface area (Å²) in [5.74, 6) is 0.192. The molecule has 2 nitrogen and oxygen atoms in total. The van der Waals surface area contributed by atoms with Gasteiger partial charge in [0.05, 0.1) is 6.54 Å². The van der Waals surface area contributed by atoms with E-state index in [2.05, 4.69) is 17.4 Å². The van der Waals surface area contributed by atoms with Gasteiger partial charge in [-0.3, -0.25) is 4.79 Å². The van der Waals surface area contributed by atoms with Crippen LogP contribution in [0.15, 0.2) is 42.5 Å². The van der Waals surface area contributed by atoms with Crippen LogP contribution >= 0.6 is 0 Å². The summed E-state index contributed by atoms with van der Waals surface area (Å²) < 4.78 is 0. The van der Waals surface area contributed by atoms with Gasteiger partial charge in [-0.25, -0.2) is 0 Å². The van der Waals surface area contributed by atoms with Gasteiger partial charge in [-0.15, -0.1) is 0 Å². The Morgan fingerprint density at radius 2 is 1.79 bits per heavy atom. The Labute approximate surface area is 113 Å². The van der Waals surface area contributed by atoms with Crippen molar-refractivity contribution in [2.45, 2.75) is 31.7 Å². The van der Waals surface area contributed by atoms with Crippen molar-refractivity contribution in [3.05, 3.63) is 48.0 Å². The van der Waals surface area contributed by atoms with E-state index in [-0.39, 0.29) is 5.78 Å². The minimum absolute atomic E-state index is 0.192. The first-order chi connectivity index (χ1) is 9.33. The molecule has 0 amide bonds. The molecule has 1 saturated carbocycles. The number of hydrogen-bond donors (Lipinski definition) is 1. The molecule has 2 aromatic carbocycles. The fourth-order valence-electron chi connectivity index (χ4n) is 2.83. The van der Waals surface area contributed by atoms with Crippen molar-refractivity contribution in [2.75, 3.05) is 6.54 Å². The molecule has 0 saturated heterocycles. The number of rotatable bonds is 4. The van der Waals surface area contributed by atoms with Gasteiger partial charge >= 0.3 is 0 Å². The maximum absolute atomic E-state index is 12.2. The Balaban J connectivity index is 1.70. The lowest BCUT2D eigenvalue weighted by Crippen LogP contribution is -2.31. The van der Waals surface area contributed by atoms with Gasteiger partial charge in [-0.2, -0.15) is 0 Å². The van der Waals surface area contributed by atoms with Crippen LogP contribution in [0.3, 0.4) is 0 Å². The van der Waals surface area contributed by atoms with Crippen LogP contribution in [0.2, 0.25) is 0 Å². The van der Waals surface area contributed by atoms with Crippen molar-refractivity contribution >= 4 is 16.6 Å². The summed E-state index contributed by atoms with van der Waals surface area (Å²) in [7, 11) is 0. The minimum Gasteiger partial charge on any atom is -0.307 e. The smallest absolute Gasteiger partial charge is 0.176 e. The van der Waals surface area contributed by atoms with Crippen LogP contribution in [0, 0.1) is 0 Å². The summed E-state index contributed by atoms with van der Waals surface area (Å²) in [6.07, 6.45) is 5.01. The highest BCUT2D eigenvalue weighted by molar-refractivity contribution is 6.01. The second kappa shape index (κ2) is 5.54. The highest BCUT2D eigenvalue weighted by Crippen LogP contribution is 2.18. The maximum Gasteiger partial charge on any atom is 0.176 e. The lowest BCUT2D eigenvalue weighted by atomic mass is 10.0. The topological polar surface area (TPSA) is 29.1 Å². The van der Waals surface area contributed by atoms with Crippen LogP contribution < -0.4 is 5.32 Å². The van der Waals surface area contributed by atoms with E-state index in [9.17, 15) is 4.79 Å². The van der Waals surface area contributed by atoms with Crippen molar-refractivity contribution in [1.29, 1.82) is 0 Å². The predicted molar refractivity (Wildman–Crippen MR) is 78.5 cm³/mol. The third-order valence-electron chi connectivity index (χ3n) is 3.98. The monoisotopic (exact) mass is 253 g/mol. The summed E-state index contributed by atoms with van der Waals surface area (Å²) >= 11 is 0. The second-order valence-electron chi connectivity index (χ2n) is 5.35. The van der Waals surface area contributed by atoms with Crippen LogP contribution in [0.4, 0.5) is 0 Å². The van der Waals surface area contributed by atoms with Crippen molar-refractivity contribution in [3.63, 3.8) is 0 Å². The lowest BCUT2D eigenvalue weighted by Gasteiger charge is -2.11. The zero-order chi connectivity index (χ0) is 13.1. The Morgan fingerprint density at radius 3 is 2.58 bits per heavy atom. The van der Waals surface area contributed by atoms with Crippen molar-refractivity contribution in [2.24, 2.45) is 0 Å². The fourth-order valence-corrected chi connectivity index (χ4v) is 2.83. The van der Waals surface area contributed by atoms with E-state index in [1.807, 2.05) is 30.3 Å². The summed E-state index contributed by atoms with van der Waals surface area (Å²) in [5.41, 5.74) is 0.809. The van der Waals surface area contributed by atoms with Gasteiger partial charge in [0.1, 0.15) is 0 Å². The zero-order valence-electron chi connectivity index (χ0n) is 11.1. The first kappa shape index (κ1) is 12.4. The number of nitrogens with one attached hydrogen (secondary N) is 1. The fraction of sp³-hybridized carbons (Fsp3) is 0.353. The summed E-state index contributed by atoms with van der Waals surface area (Å²) in [6, 6.07) is 14.6. The molecule has 3 rings (SSSR count). The molecule has 0 aliphatic heterocycles. The Morgan fingerprint density at radius 1 is 1.05 bits per heavy atom. The molecule has 2 heteroatoms. The average molecular weight is 253 g/mol. The van der Waals surface area contributed by atoms with Gasteiger partial charge in [0.25, 0.3) is 0 Å². The Hall–Kier alpha value is -1.67. The molecule has 0 heterocycles. The van der Waals surface area contributed by atoms with Crippen molar-refractivity contribution < 1.29 is 4.79 Å². The molecule has 0 radical (unpaired) electrons. The molecule has 19 heavy (non-hydrogen) atoms. The quantitative estimate of drug-likeness (QED) is 0.844. The molecular weight excluding hydrogens is 234 g/mol. The number of benzene rings is 2. The molecule has 0 spiro atoms. The van der Waals surface area contributed by atoms with Crippen molar-refractivity contribution in [3.8, 4) is 0 Å². The molecular formula is C17H19NO. The molecule has 2 aromatic rings. The maximum atomic E-state index is 12.2. The van der Waals surface area contributed by atoms with Gasteiger partial charge in [0, 0.05) is 11.6 Å². The van der Waals surface area contributed by atoms with Gasteiger partial charge < -0.3 is 5.32 Å². The van der Waals surface area contributed by atoms with Crippen LogP contribution in [-0.4, -0.2) is 18.4 Å². The SMILES string of the molecule is O=C(CNC1CCCC1)c1ccc2ccccc2c1. The van der Waals surface area contributed by atoms with Crippen LogP contribution in [0.5, 0.6) is 0 Å². The van der Waals surface area contributed by atoms with Crippen LogP contribution in [-0.2, 0) is 0 Å². The highest BCUT2D eigenvalue weighted by atomic mass is 16.1. The van der Waals surface area contributed by atoms with E-state index in [0.717, 1.165) is 10.9 Å². The lowest BCUT2D eigenvalue weighted by molar-refractivity contribution is 0.0987. The number of carbonyl (C=O) groups is 1. The third-order valence-corrected chi connectivity index (χ3v) is 3.98. The molecule has 0 atom stereocenters. The summed E-state index contributed by atoms with van der Waals surface area (Å²) in [5, 5.41) is 5.70. The van der Waals surface area contributed by atoms with Crippen LogP contribution in [0.1, 0.15) is 36.0 Å². The van der Waals surface area contributed by atoms with E-state index in [4.69, 9.17) is 0 Å². The standard InChI is InChI=1S/C17H19NO/c19-17(12-18-16-7-3-4-8-16)15-10-9-13-5-1-2-6-14(13)11-15/h1-2,5-6,9-11,16,18H,3-4,7-8,12H2. The number of hydrogen-bond acceptors (Lipinski definition) is 2. The molecule has 0 bridgehead atoms. The van der Waals surface area contributed by atoms with E-state index in [1.54, 1.807) is 0 Å². The van der Waals surface area contributed by atoms with Gasteiger partial charge in [0.15, 0.2) is 5.78 Å². The van der Waals surface area contributed by atoms with Gasteiger partial charge in [-0.05, 0) is 29.7 Å². The molecule has 1 fully saturated rings. The van der Waals surface area contributed by atoms with E-state index >= 15 is 0 Å². The molecule has 1 aliphatic rings. The molecule has 0 unspecified atom stereocenters. The van der Waals surface area contributed by atoms with E-state index in [0.29, 0.717) is 12.6 Å². The molecule has 0 aromatic heterocycles. The predicted octanol–water partition coefficient (Wildman–Crippen LogP) is 3.55. The molecule has 1 aliphatic carbocycles. The normalized spacial score (nSPS) is 16.0. The minimum atomic E-state index is 0.192. The average Bonchev–Trinajstić information content (AvgIpc) is 2.97. The zero-order valence-corrected chi connectivity index (χ0v) is 11.1. The first-order valence-corrected chi connectivity index (χ1v) is 7.08. The summed E-state index contributed by atoms with van der Waals surface area (Å²) in [6.45, 7) is 0.461. The molecule has 1 N–H and O–H groups in total. The third kappa shape index (κ3) is 2.85. The number of Topliss-reactive ketones (excluding diaryl/α,β-unsaturated/α-hetero) is 1. The van der Waals surface area contributed by atoms with E-state index in [1.165, 1.54) is 31.1 Å². The number of carbonyl (C=O) groups excluding carboxylic acids is 1. The van der Waals surface area contributed by atoms with Gasteiger partial charge in [-0.1, -0.05) is 49.2 Å². The highest BCUT2D eigenvalue weighted by Gasteiger charge is 2.15. The number of ketones is 1. The largest absolute Gasteiger partial charge is 0.307 e.